The third-order valence-corrected chi connectivity index (χ3v) is 24.2. The molecule has 2 aliphatic carbocycles. The van der Waals surface area contributed by atoms with Gasteiger partial charge in [-0.3, -0.25) is 0 Å². The Morgan fingerprint density at radius 2 is 1.09 bits per heavy atom. The van der Waals surface area contributed by atoms with E-state index in [1.54, 1.807) is 0 Å². The van der Waals surface area contributed by atoms with Crippen molar-refractivity contribution in [2.24, 2.45) is 0 Å². The fraction of sp³-hybridized carbons (Fsp3) is 0.889. The molecule has 0 aromatic carbocycles. The van der Waals surface area contributed by atoms with E-state index >= 15 is 0 Å². The Bertz CT molecular complexity index is 360. The monoisotopic (exact) mass is 432 g/mol. The van der Waals surface area contributed by atoms with Crippen LogP contribution in [0.25, 0.3) is 0 Å². The molecule has 0 unspecified atom stereocenters. The number of hydrogen-bond acceptors (Lipinski definition) is 4. The fourth-order valence-electron chi connectivity index (χ4n) is 5.01. The van der Waals surface area contributed by atoms with E-state index in [1.165, 1.54) is 78.4 Å². The molecule has 2 rings (SSSR count). The van der Waals surface area contributed by atoms with E-state index in [4.69, 9.17) is 9.47 Å². The van der Waals surface area contributed by atoms with Crippen LogP contribution in [0, 0.1) is 0 Å². The second-order valence-corrected chi connectivity index (χ2v) is 21.1. The minimum absolute atomic E-state index is 0.0825. The van der Waals surface area contributed by atoms with Gasteiger partial charge in [-0.25, -0.2) is 0 Å². The molecule has 4 nitrogen and oxygen atoms in total. The van der Waals surface area contributed by atoms with E-state index in [0.717, 1.165) is 0 Å². The quantitative estimate of drug-likeness (QED) is 0.461. The van der Waals surface area contributed by atoms with Gasteiger partial charge in [-0.1, -0.05) is 0 Å². The molecular weight excluding hydrogens is 399 g/mol. The normalized spacial score (nSPS) is 21.0. The minimum atomic E-state index is -3.06. The van der Waals surface area contributed by atoms with Crippen molar-refractivity contribution in [1.29, 1.82) is 0 Å². The Kier molecular flexibility index (Phi) is 7.70. The van der Waals surface area contributed by atoms with Gasteiger partial charge < -0.3 is 0 Å². The first-order valence-electron chi connectivity index (χ1n) is 9.26. The summed E-state index contributed by atoms with van der Waals surface area (Å²) in [6.45, 7) is 0. The Labute approximate surface area is 144 Å². The van der Waals surface area contributed by atoms with Gasteiger partial charge in [0.15, 0.2) is 0 Å². The van der Waals surface area contributed by atoms with Crippen LogP contribution in [0.3, 0.4) is 0 Å². The van der Waals surface area contributed by atoms with E-state index in [0.29, 0.717) is 16.7 Å². The van der Waals surface area contributed by atoms with Gasteiger partial charge in [-0.05, 0) is 0 Å². The number of carbonyl (C=O) groups is 2. The van der Waals surface area contributed by atoms with Gasteiger partial charge in [0.05, 0.1) is 0 Å². The molecule has 0 aliphatic heterocycles. The summed E-state index contributed by atoms with van der Waals surface area (Å²) < 4.78 is 12.6. The number of hydrogen-bond donors (Lipinski definition) is 0. The maximum atomic E-state index is 12.3. The topological polar surface area (TPSA) is 52.6 Å². The van der Waals surface area contributed by atoms with Gasteiger partial charge in [-0.2, -0.15) is 0 Å². The first-order chi connectivity index (χ1) is 11.1. The zero-order valence-corrected chi connectivity index (χ0v) is 17.6. The molecule has 23 heavy (non-hydrogen) atoms. The summed E-state index contributed by atoms with van der Waals surface area (Å²) in [6.07, 6.45) is 12.6. The Morgan fingerprint density at radius 3 is 1.39 bits per heavy atom. The van der Waals surface area contributed by atoms with Gasteiger partial charge in [0.1, 0.15) is 0 Å². The summed E-state index contributed by atoms with van der Waals surface area (Å²) in [7, 11) is 2.97. The van der Waals surface area contributed by atoms with Crippen LogP contribution in [0.15, 0.2) is 0 Å². The van der Waals surface area contributed by atoms with Crippen molar-refractivity contribution in [3.63, 3.8) is 0 Å². The van der Waals surface area contributed by atoms with Crippen molar-refractivity contribution in [1.82, 2.24) is 0 Å². The summed E-state index contributed by atoms with van der Waals surface area (Å²) >= 11 is -3.06. The average Bonchev–Trinajstić information content (AvgIpc) is 2.62. The van der Waals surface area contributed by atoms with Crippen LogP contribution in [-0.2, 0) is 19.1 Å². The Balaban J connectivity index is 2.32. The van der Waals surface area contributed by atoms with Gasteiger partial charge >= 0.3 is 145 Å². The van der Waals surface area contributed by atoms with Crippen LogP contribution in [0.1, 0.15) is 64.2 Å². The molecule has 2 fully saturated rings. The summed E-state index contributed by atoms with van der Waals surface area (Å²) in [4.78, 5) is 24.5. The molecule has 0 heterocycles. The average molecular weight is 431 g/mol. The SMILES string of the molecule is COC(=O)[CH2][Sn]([CH2]C(=O)OC)([CH]1CCCCC1)[CH]1CCCCC1. The van der Waals surface area contributed by atoms with Crippen LogP contribution in [-0.4, -0.2) is 44.5 Å². The van der Waals surface area contributed by atoms with Crippen LogP contribution in [0.4, 0.5) is 0 Å². The maximum absolute atomic E-state index is 12.3. The molecule has 0 spiro atoms. The van der Waals surface area contributed by atoms with Crippen molar-refractivity contribution in [2.75, 3.05) is 14.2 Å². The molecule has 0 radical (unpaired) electrons. The van der Waals surface area contributed by atoms with E-state index in [2.05, 4.69) is 0 Å². The number of esters is 2. The molecule has 2 aliphatic rings. The number of carbonyl (C=O) groups excluding carboxylic acids is 2. The molecule has 0 saturated heterocycles. The van der Waals surface area contributed by atoms with Gasteiger partial charge in [0.25, 0.3) is 0 Å². The van der Waals surface area contributed by atoms with Crippen molar-refractivity contribution in [3.8, 4) is 0 Å². The van der Waals surface area contributed by atoms with E-state index in [1.807, 2.05) is 0 Å². The summed E-state index contributed by atoms with van der Waals surface area (Å²) in [5, 5.41) is 0. The van der Waals surface area contributed by atoms with Crippen molar-refractivity contribution in [3.05, 3.63) is 0 Å². The molecule has 132 valence electrons. The standard InChI is InChI=1S/2C6H11.2C3H5O2.Sn/c2*1-2-4-6-5-3-1;2*1-3(4)5-2;/h2*1H,2-6H2;2*1H2,2H3;. The van der Waals surface area contributed by atoms with Gasteiger partial charge in [0, 0.05) is 0 Å². The van der Waals surface area contributed by atoms with Crippen molar-refractivity contribution >= 4 is 30.3 Å². The summed E-state index contributed by atoms with van der Waals surface area (Å²) in [5.41, 5.74) is 0. The number of ether oxygens (including phenoxy) is 2. The first-order valence-corrected chi connectivity index (χ1v) is 16.6. The van der Waals surface area contributed by atoms with Crippen molar-refractivity contribution < 1.29 is 19.1 Å². The third-order valence-electron chi connectivity index (χ3n) is 6.24. The zero-order valence-electron chi connectivity index (χ0n) is 14.8. The summed E-state index contributed by atoms with van der Waals surface area (Å²) in [6, 6.07) is 0. The van der Waals surface area contributed by atoms with Crippen LogP contribution in [0.2, 0.25) is 16.7 Å². The predicted molar refractivity (Wildman–Crippen MR) is 93.1 cm³/mol. The zero-order chi connectivity index (χ0) is 16.7. The van der Waals surface area contributed by atoms with Crippen LogP contribution in [0.5, 0.6) is 0 Å². The molecule has 0 aromatic heterocycles. The molecule has 0 aromatic rings. The third kappa shape index (κ3) is 4.86. The van der Waals surface area contributed by atoms with Crippen LogP contribution >= 0.6 is 0 Å². The van der Waals surface area contributed by atoms with E-state index in [-0.39, 0.29) is 11.9 Å². The van der Waals surface area contributed by atoms with Gasteiger partial charge in [-0.15, -0.1) is 0 Å². The molecule has 5 heteroatoms. The number of methoxy groups -OCH3 is 2. The molecule has 0 bridgehead atoms. The van der Waals surface area contributed by atoms with Crippen molar-refractivity contribution in [2.45, 2.75) is 80.9 Å². The van der Waals surface area contributed by atoms with Crippen LogP contribution < -0.4 is 0 Å². The molecule has 0 amide bonds. The van der Waals surface area contributed by atoms with Gasteiger partial charge in [0.2, 0.25) is 0 Å². The molecule has 0 N–H and O–H groups in total. The fourth-order valence-corrected chi connectivity index (χ4v) is 23.4. The molecule has 2 saturated carbocycles. The second-order valence-electron chi connectivity index (χ2n) is 7.41. The number of rotatable bonds is 6. The molecular formula is C18H32O4Sn. The predicted octanol–water partition coefficient (Wildman–Crippen LogP) is 4.45. The van der Waals surface area contributed by atoms with E-state index < -0.39 is 18.4 Å². The van der Waals surface area contributed by atoms with E-state index in [9.17, 15) is 9.59 Å². The Hall–Kier alpha value is -0.261. The molecule has 0 atom stereocenters. The second kappa shape index (κ2) is 9.28. The summed E-state index contributed by atoms with van der Waals surface area (Å²) in [5.74, 6) is -0.165. The Morgan fingerprint density at radius 1 is 0.739 bits per heavy atom. The first kappa shape index (κ1) is 19.1.